The van der Waals surface area contributed by atoms with Crippen molar-refractivity contribution in [3.63, 3.8) is 0 Å². The molecule has 2 aromatic rings. The quantitative estimate of drug-likeness (QED) is 0.840. The van der Waals surface area contributed by atoms with E-state index in [1.54, 1.807) is 11.8 Å². The lowest BCUT2D eigenvalue weighted by Gasteiger charge is -2.26. The van der Waals surface area contributed by atoms with E-state index in [0.717, 1.165) is 5.56 Å². The van der Waals surface area contributed by atoms with Crippen LogP contribution in [0.3, 0.4) is 0 Å². The first-order valence-corrected chi connectivity index (χ1v) is 6.65. The van der Waals surface area contributed by atoms with Gasteiger partial charge in [-0.3, -0.25) is 4.79 Å². The third-order valence-electron chi connectivity index (χ3n) is 3.32. The number of aromatic nitrogens is 1. The lowest BCUT2D eigenvalue weighted by molar-refractivity contribution is 0.0298. The molecule has 0 bridgehead atoms. The van der Waals surface area contributed by atoms with Gasteiger partial charge in [-0.15, -0.1) is 0 Å². The zero-order valence-electron chi connectivity index (χ0n) is 11.3. The lowest BCUT2D eigenvalue weighted by atomic mass is 10.2. The Hall–Kier alpha value is -2.14. The maximum atomic E-state index is 12.4. The molecule has 0 atom stereocenters. The van der Waals surface area contributed by atoms with Crippen LogP contribution in [0, 0.1) is 6.92 Å². The summed E-state index contributed by atoms with van der Waals surface area (Å²) in [6.45, 7) is 4.13. The minimum Gasteiger partial charge on any atom is -0.441 e. The average Bonchev–Trinajstić information content (AvgIpc) is 2.90. The number of morpholine rings is 1. The number of carbonyl (C=O) groups is 1. The van der Waals surface area contributed by atoms with Crippen molar-refractivity contribution in [2.24, 2.45) is 0 Å². The fraction of sp³-hybridized carbons (Fsp3) is 0.333. The van der Waals surface area contributed by atoms with Crippen LogP contribution in [0.1, 0.15) is 16.2 Å². The van der Waals surface area contributed by atoms with Gasteiger partial charge in [0.05, 0.1) is 13.2 Å². The number of aryl methyl sites for hydroxylation is 1. The van der Waals surface area contributed by atoms with Crippen LogP contribution in [-0.4, -0.2) is 42.1 Å². The Morgan fingerprint density at radius 1 is 1.20 bits per heavy atom. The molecule has 104 valence electrons. The average molecular weight is 272 g/mol. The summed E-state index contributed by atoms with van der Waals surface area (Å²) in [4.78, 5) is 18.5. The third kappa shape index (κ3) is 2.44. The van der Waals surface area contributed by atoms with Crippen molar-refractivity contribution >= 4 is 5.91 Å². The smallest absolute Gasteiger partial charge is 0.276 e. The Bertz CT molecular complexity index is 601. The maximum absolute atomic E-state index is 12.4. The minimum atomic E-state index is -0.0864. The van der Waals surface area contributed by atoms with Gasteiger partial charge in [-0.25, -0.2) is 4.98 Å². The van der Waals surface area contributed by atoms with Gasteiger partial charge in [0.1, 0.15) is 5.76 Å². The molecule has 20 heavy (non-hydrogen) atoms. The molecule has 1 aromatic carbocycles. The second-order valence-corrected chi connectivity index (χ2v) is 4.69. The molecule has 0 saturated carbocycles. The first-order valence-electron chi connectivity index (χ1n) is 6.65. The molecule has 0 spiro atoms. The van der Waals surface area contributed by atoms with Gasteiger partial charge < -0.3 is 14.1 Å². The molecule has 5 heteroatoms. The molecule has 2 heterocycles. The van der Waals surface area contributed by atoms with E-state index in [1.807, 2.05) is 30.3 Å². The van der Waals surface area contributed by atoms with Gasteiger partial charge in [0, 0.05) is 18.7 Å². The summed E-state index contributed by atoms with van der Waals surface area (Å²) in [7, 11) is 0. The van der Waals surface area contributed by atoms with Crippen LogP contribution in [0.2, 0.25) is 0 Å². The number of ether oxygens (including phenoxy) is 1. The molecule has 0 N–H and O–H groups in total. The Morgan fingerprint density at radius 3 is 2.60 bits per heavy atom. The van der Waals surface area contributed by atoms with Gasteiger partial charge in [-0.05, 0) is 19.1 Å². The Labute approximate surface area is 117 Å². The number of hydrogen-bond acceptors (Lipinski definition) is 4. The van der Waals surface area contributed by atoms with Crippen molar-refractivity contribution in [1.29, 1.82) is 0 Å². The summed E-state index contributed by atoms with van der Waals surface area (Å²) in [5, 5.41) is 0. The summed E-state index contributed by atoms with van der Waals surface area (Å²) in [5.41, 5.74) is 1.27. The Balaban J connectivity index is 1.87. The van der Waals surface area contributed by atoms with Crippen LogP contribution < -0.4 is 0 Å². The van der Waals surface area contributed by atoms with Gasteiger partial charge in [0.25, 0.3) is 5.91 Å². The van der Waals surface area contributed by atoms with E-state index in [-0.39, 0.29) is 5.91 Å². The standard InChI is InChI=1S/C15H16N2O3/c1-11-13(15(18)17-7-9-19-10-8-17)16-14(20-11)12-5-3-2-4-6-12/h2-6H,7-10H2,1H3. The van der Waals surface area contributed by atoms with E-state index < -0.39 is 0 Å². The monoisotopic (exact) mass is 272 g/mol. The molecule has 1 saturated heterocycles. The SMILES string of the molecule is Cc1oc(-c2ccccc2)nc1C(=O)N1CCOCC1. The zero-order chi connectivity index (χ0) is 13.9. The van der Waals surface area contributed by atoms with Crippen molar-refractivity contribution in [3.05, 3.63) is 41.8 Å². The molecule has 5 nitrogen and oxygen atoms in total. The highest BCUT2D eigenvalue weighted by Gasteiger charge is 2.24. The second kappa shape index (κ2) is 5.46. The number of carbonyl (C=O) groups excluding carboxylic acids is 1. The molecule has 0 aliphatic carbocycles. The number of hydrogen-bond donors (Lipinski definition) is 0. The van der Waals surface area contributed by atoms with Gasteiger partial charge >= 0.3 is 0 Å². The number of benzene rings is 1. The van der Waals surface area contributed by atoms with Crippen molar-refractivity contribution < 1.29 is 13.9 Å². The van der Waals surface area contributed by atoms with Gasteiger partial charge in [0.15, 0.2) is 5.69 Å². The number of rotatable bonds is 2. The molecule has 3 rings (SSSR count). The molecular weight excluding hydrogens is 256 g/mol. The lowest BCUT2D eigenvalue weighted by Crippen LogP contribution is -2.41. The number of oxazole rings is 1. The number of nitrogens with zero attached hydrogens (tertiary/aromatic N) is 2. The molecule has 1 aliphatic rings. The Morgan fingerprint density at radius 2 is 1.90 bits per heavy atom. The fourth-order valence-electron chi connectivity index (χ4n) is 2.22. The van der Waals surface area contributed by atoms with Gasteiger partial charge in [0.2, 0.25) is 5.89 Å². The fourth-order valence-corrected chi connectivity index (χ4v) is 2.22. The predicted molar refractivity (Wildman–Crippen MR) is 73.4 cm³/mol. The van der Waals surface area contributed by atoms with Crippen LogP contribution in [0.5, 0.6) is 0 Å². The number of amides is 1. The van der Waals surface area contributed by atoms with Gasteiger partial charge in [-0.2, -0.15) is 0 Å². The third-order valence-corrected chi connectivity index (χ3v) is 3.32. The Kier molecular flexibility index (Phi) is 3.52. The molecule has 0 unspecified atom stereocenters. The van der Waals surface area contributed by atoms with E-state index in [4.69, 9.17) is 9.15 Å². The zero-order valence-corrected chi connectivity index (χ0v) is 11.3. The molecule has 1 amide bonds. The highest BCUT2D eigenvalue weighted by atomic mass is 16.5. The predicted octanol–water partition coefficient (Wildman–Crippen LogP) is 2.12. The highest BCUT2D eigenvalue weighted by Crippen LogP contribution is 2.22. The first kappa shape index (κ1) is 12.9. The summed E-state index contributed by atoms with van der Waals surface area (Å²) in [6.07, 6.45) is 0. The van der Waals surface area contributed by atoms with E-state index in [0.29, 0.717) is 43.6 Å². The van der Waals surface area contributed by atoms with E-state index >= 15 is 0 Å². The normalized spacial score (nSPS) is 15.3. The molecular formula is C15H16N2O3. The minimum absolute atomic E-state index is 0.0864. The van der Waals surface area contributed by atoms with E-state index in [1.165, 1.54) is 0 Å². The summed E-state index contributed by atoms with van der Waals surface area (Å²) < 4.78 is 10.9. The topological polar surface area (TPSA) is 55.6 Å². The summed E-state index contributed by atoms with van der Waals surface area (Å²) in [6, 6.07) is 9.58. The molecule has 1 aromatic heterocycles. The molecule has 1 fully saturated rings. The van der Waals surface area contributed by atoms with Crippen molar-refractivity contribution in [1.82, 2.24) is 9.88 Å². The van der Waals surface area contributed by atoms with Crippen molar-refractivity contribution in [3.8, 4) is 11.5 Å². The second-order valence-electron chi connectivity index (χ2n) is 4.69. The van der Waals surface area contributed by atoms with Gasteiger partial charge in [-0.1, -0.05) is 18.2 Å². The van der Waals surface area contributed by atoms with Crippen LogP contribution in [0.15, 0.2) is 34.7 Å². The summed E-state index contributed by atoms with van der Waals surface area (Å²) in [5.74, 6) is 0.955. The van der Waals surface area contributed by atoms with Crippen LogP contribution in [0.4, 0.5) is 0 Å². The largest absolute Gasteiger partial charge is 0.441 e. The van der Waals surface area contributed by atoms with Crippen molar-refractivity contribution in [2.45, 2.75) is 6.92 Å². The maximum Gasteiger partial charge on any atom is 0.276 e. The van der Waals surface area contributed by atoms with Crippen molar-refractivity contribution in [2.75, 3.05) is 26.3 Å². The molecule has 0 radical (unpaired) electrons. The summed E-state index contributed by atoms with van der Waals surface area (Å²) >= 11 is 0. The van der Waals surface area contributed by atoms with E-state index in [9.17, 15) is 4.79 Å². The first-order chi connectivity index (χ1) is 9.75. The van der Waals surface area contributed by atoms with Crippen LogP contribution in [-0.2, 0) is 4.74 Å². The van der Waals surface area contributed by atoms with Crippen LogP contribution >= 0.6 is 0 Å². The highest BCUT2D eigenvalue weighted by molar-refractivity contribution is 5.93. The van der Waals surface area contributed by atoms with Crippen LogP contribution in [0.25, 0.3) is 11.5 Å². The van der Waals surface area contributed by atoms with E-state index in [2.05, 4.69) is 4.98 Å². The molecule has 1 aliphatic heterocycles.